The van der Waals surface area contributed by atoms with Crippen molar-refractivity contribution >= 4 is 17.9 Å². The monoisotopic (exact) mass is 237 g/mol. The first-order chi connectivity index (χ1) is 7.91. The Labute approximate surface area is 96.4 Å². The van der Waals surface area contributed by atoms with Crippen LogP contribution < -0.4 is 11.5 Å². The summed E-state index contributed by atoms with van der Waals surface area (Å²) in [5.41, 5.74) is 10.5. The van der Waals surface area contributed by atoms with Crippen LogP contribution in [0.4, 0.5) is 5.69 Å². The molecule has 0 atom stereocenters. The van der Waals surface area contributed by atoms with Crippen LogP contribution in [0.1, 0.15) is 11.1 Å². The van der Waals surface area contributed by atoms with Gasteiger partial charge in [0.05, 0.1) is 11.1 Å². The lowest BCUT2D eigenvalue weighted by molar-refractivity contribution is -0.385. The number of nitrogens with two attached hydrogens (primary N) is 2. The van der Waals surface area contributed by atoms with E-state index in [2.05, 4.69) is 10.2 Å². The van der Waals surface area contributed by atoms with Gasteiger partial charge in [-0.15, -0.1) is 5.10 Å². The van der Waals surface area contributed by atoms with Crippen LogP contribution >= 0.6 is 0 Å². The minimum Gasteiger partial charge on any atom is -0.507 e. The van der Waals surface area contributed by atoms with Crippen molar-refractivity contribution in [3.8, 4) is 5.75 Å². The van der Waals surface area contributed by atoms with Crippen LogP contribution in [0, 0.1) is 17.0 Å². The summed E-state index contributed by atoms with van der Waals surface area (Å²) >= 11 is 0. The van der Waals surface area contributed by atoms with Crippen molar-refractivity contribution in [2.24, 2.45) is 21.7 Å². The van der Waals surface area contributed by atoms with Gasteiger partial charge in [0.1, 0.15) is 5.75 Å². The van der Waals surface area contributed by atoms with E-state index in [9.17, 15) is 15.2 Å². The van der Waals surface area contributed by atoms with Crippen molar-refractivity contribution < 1.29 is 10.0 Å². The van der Waals surface area contributed by atoms with E-state index in [0.29, 0.717) is 5.56 Å². The number of hydrogen-bond donors (Lipinski definition) is 3. The van der Waals surface area contributed by atoms with Gasteiger partial charge in [-0.1, -0.05) is 0 Å². The van der Waals surface area contributed by atoms with Gasteiger partial charge in [0.15, 0.2) is 0 Å². The highest BCUT2D eigenvalue weighted by molar-refractivity contribution is 5.85. The van der Waals surface area contributed by atoms with E-state index >= 15 is 0 Å². The molecule has 1 aromatic carbocycles. The molecular weight excluding hydrogens is 226 g/mol. The first-order valence-corrected chi connectivity index (χ1v) is 4.51. The molecule has 1 aromatic rings. The second-order valence-electron chi connectivity index (χ2n) is 3.22. The summed E-state index contributed by atoms with van der Waals surface area (Å²) in [4.78, 5) is 10.1. The van der Waals surface area contributed by atoms with Crippen LogP contribution in [-0.2, 0) is 0 Å². The number of nitro benzene ring substituents is 1. The molecule has 0 aliphatic heterocycles. The van der Waals surface area contributed by atoms with E-state index in [-0.39, 0.29) is 23.0 Å². The number of aryl methyl sites for hydroxylation is 1. The highest BCUT2D eigenvalue weighted by Gasteiger charge is 2.13. The van der Waals surface area contributed by atoms with Crippen LogP contribution in [0.5, 0.6) is 5.75 Å². The van der Waals surface area contributed by atoms with Gasteiger partial charge in [-0.2, -0.15) is 5.10 Å². The van der Waals surface area contributed by atoms with Crippen molar-refractivity contribution in [2.45, 2.75) is 6.92 Å². The minimum atomic E-state index is -0.549. The third-order valence-corrected chi connectivity index (χ3v) is 1.91. The molecule has 1 rings (SSSR count). The fraction of sp³-hybridized carbons (Fsp3) is 0.111. The molecule has 0 fully saturated rings. The number of phenols is 1. The normalized spacial score (nSPS) is 10.4. The zero-order chi connectivity index (χ0) is 13.0. The summed E-state index contributed by atoms with van der Waals surface area (Å²) < 4.78 is 0. The maximum atomic E-state index is 10.7. The quantitative estimate of drug-likeness (QED) is 0.298. The Bertz CT molecular complexity index is 506. The summed E-state index contributed by atoms with van der Waals surface area (Å²) in [5, 5.41) is 27.0. The van der Waals surface area contributed by atoms with Gasteiger partial charge in [0.25, 0.3) is 5.69 Å². The molecule has 0 saturated heterocycles. The summed E-state index contributed by atoms with van der Waals surface area (Å²) in [5.74, 6) is -0.384. The maximum absolute atomic E-state index is 10.7. The van der Waals surface area contributed by atoms with Gasteiger partial charge in [0.2, 0.25) is 5.96 Å². The molecule has 8 nitrogen and oxygen atoms in total. The summed E-state index contributed by atoms with van der Waals surface area (Å²) in [7, 11) is 0. The molecule has 0 aromatic heterocycles. The highest BCUT2D eigenvalue weighted by atomic mass is 16.6. The van der Waals surface area contributed by atoms with Crippen molar-refractivity contribution in [1.82, 2.24) is 0 Å². The molecule has 0 heterocycles. The molecule has 8 heteroatoms. The van der Waals surface area contributed by atoms with Crippen LogP contribution in [0.25, 0.3) is 0 Å². The number of phenolic OH excluding ortho intramolecular Hbond substituents is 1. The number of hydrogen-bond acceptors (Lipinski definition) is 5. The zero-order valence-corrected chi connectivity index (χ0v) is 8.99. The lowest BCUT2D eigenvalue weighted by atomic mass is 10.1. The van der Waals surface area contributed by atoms with Gasteiger partial charge in [-0.3, -0.25) is 10.1 Å². The van der Waals surface area contributed by atoms with E-state index in [4.69, 9.17) is 11.5 Å². The molecular formula is C9H11N5O3. The second-order valence-corrected chi connectivity index (χ2v) is 3.22. The lowest BCUT2D eigenvalue weighted by Gasteiger charge is -2.01. The standard InChI is InChI=1S/C9H11N5O3/c1-5-2-8(15)6(3-7(5)14(16)17)4-12-13-9(10)11/h2-4,15H,1H3,(H4,10,11,13)/b12-4+. The molecule has 5 N–H and O–H groups in total. The molecule has 17 heavy (non-hydrogen) atoms. The van der Waals surface area contributed by atoms with Crippen molar-refractivity contribution in [1.29, 1.82) is 0 Å². The Morgan fingerprint density at radius 3 is 2.71 bits per heavy atom. The zero-order valence-electron chi connectivity index (χ0n) is 8.99. The van der Waals surface area contributed by atoms with E-state index in [1.807, 2.05) is 0 Å². The first kappa shape index (κ1) is 12.4. The number of benzene rings is 1. The van der Waals surface area contributed by atoms with Gasteiger partial charge in [-0.25, -0.2) is 0 Å². The smallest absolute Gasteiger partial charge is 0.273 e. The summed E-state index contributed by atoms with van der Waals surface area (Å²) in [6.07, 6.45) is 1.13. The maximum Gasteiger partial charge on any atom is 0.273 e. The molecule has 0 aliphatic rings. The average molecular weight is 237 g/mol. The lowest BCUT2D eigenvalue weighted by Crippen LogP contribution is -2.21. The van der Waals surface area contributed by atoms with E-state index in [0.717, 1.165) is 6.21 Å². The van der Waals surface area contributed by atoms with Gasteiger partial charge in [-0.05, 0) is 13.0 Å². The number of rotatable bonds is 3. The SMILES string of the molecule is Cc1cc(O)c(/C=N/N=C(N)N)cc1[N+](=O)[O-]. The molecule has 90 valence electrons. The second kappa shape index (κ2) is 4.92. The number of aromatic hydroxyl groups is 1. The Morgan fingerprint density at radius 2 is 2.18 bits per heavy atom. The van der Waals surface area contributed by atoms with Gasteiger partial charge in [0, 0.05) is 17.2 Å². The Hall–Kier alpha value is -2.64. The topological polar surface area (TPSA) is 140 Å². The molecule has 0 aliphatic carbocycles. The van der Waals surface area contributed by atoms with E-state index in [1.54, 1.807) is 0 Å². The van der Waals surface area contributed by atoms with E-state index in [1.165, 1.54) is 19.1 Å². The molecule has 0 radical (unpaired) electrons. The molecule has 0 unspecified atom stereocenters. The Morgan fingerprint density at radius 1 is 1.53 bits per heavy atom. The van der Waals surface area contributed by atoms with Crippen molar-refractivity contribution in [2.75, 3.05) is 0 Å². The summed E-state index contributed by atoms with van der Waals surface area (Å²) in [6, 6.07) is 2.46. The van der Waals surface area contributed by atoms with Crippen LogP contribution in [-0.4, -0.2) is 22.2 Å². The first-order valence-electron chi connectivity index (χ1n) is 4.51. The Balaban J connectivity index is 3.17. The molecule has 0 bridgehead atoms. The number of guanidine groups is 1. The van der Waals surface area contributed by atoms with Gasteiger partial charge >= 0.3 is 0 Å². The van der Waals surface area contributed by atoms with Gasteiger partial charge < -0.3 is 16.6 Å². The minimum absolute atomic E-state index is 0.117. The number of nitrogens with zero attached hydrogens (tertiary/aromatic N) is 3. The predicted molar refractivity (Wildman–Crippen MR) is 62.9 cm³/mol. The fourth-order valence-electron chi connectivity index (χ4n) is 1.16. The molecule has 0 saturated carbocycles. The largest absolute Gasteiger partial charge is 0.507 e. The average Bonchev–Trinajstić information content (AvgIpc) is 2.20. The third kappa shape index (κ3) is 3.16. The molecule has 0 spiro atoms. The van der Waals surface area contributed by atoms with Crippen LogP contribution in [0.15, 0.2) is 22.3 Å². The highest BCUT2D eigenvalue weighted by Crippen LogP contribution is 2.26. The number of nitro groups is 1. The van der Waals surface area contributed by atoms with Crippen LogP contribution in [0.2, 0.25) is 0 Å². The fourth-order valence-corrected chi connectivity index (χ4v) is 1.16. The molecule has 0 amide bonds. The van der Waals surface area contributed by atoms with Crippen molar-refractivity contribution in [3.63, 3.8) is 0 Å². The summed E-state index contributed by atoms with van der Waals surface area (Å²) in [6.45, 7) is 1.52. The Kier molecular flexibility index (Phi) is 3.60. The van der Waals surface area contributed by atoms with Crippen molar-refractivity contribution in [3.05, 3.63) is 33.4 Å². The van der Waals surface area contributed by atoms with Crippen LogP contribution in [0.3, 0.4) is 0 Å². The van der Waals surface area contributed by atoms with E-state index < -0.39 is 4.92 Å². The third-order valence-electron chi connectivity index (χ3n) is 1.91. The predicted octanol–water partition coefficient (Wildman–Crippen LogP) is 0.216.